The van der Waals surface area contributed by atoms with E-state index in [4.69, 9.17) is 4.74 Å². The van der Waals surface area contributed by atoms with Gasteiger partial charge in [-0.15, -0.1) is 0 Å². The predicted molar refractivity (Wildman–Crippen MR) is 94.9 cm³/mol. The van der Waals surface area contributed by atoms with Crippen molar-refractivity contribution in [1.29, 1.82) is 0 Å². The van der Waals surface area contributed by atoms with Crippen molar-refractivity contribution < 1.29 is 9.53 Å². The molecular formula is C20H24N2O2. The summed E-state index contributed by atoms with van der Waals surface area (Å²) in [7, 11) is 0. The van der Waals surface area contributed by atoms with Gasteiger partial charge in [-0.3, -0.25) is 9.69 Å². The van der Waals surface area contributed by atoms with E-state index in [1.807, 2.05) is 61.5 Å². The van der Waals surface area contributed by atoms with Crippen molar-refractivity contribution in [2.75, 3.05) is 26.3 Å². The highest BCUT2D eigenvalue weighted by Crippen LogP contribution is 2.13. The molecule has 0 aromatic heterocycles. The number of hydrogen-bond donors (Lipinski definition) is 1. The molecule has 1 heterocycles. The van der Waals surface area contributed by atoms with E-state index in [1.165, 1.54) is 5.56 Å². The Labute approximate surface area is 143 Å². The van der Waals surface area contributed by atoms with Crippen LogP contribution in [-0.2, 0) is 11.3 Å². The topological polar surface area (TPSA) is 41.6 Å². The summed E-state index contributed by atoms with van der Waals surface area (Å²) in [6.07, 6.45) is 0. The fourth-order valence-electron chi connectivity index (χ4n) is 2.88. The van der Waals surface area contributed by atoms with E-state index in [0.717, 1.165) is 38.4 Å². The number of nitrogens with one attached hydrogen (secondary N) is 1. The maximum atomic E-state index is 12.4. The molecule has 24 heavy (non-hydrogen) atoms. The summed E-state index contributed by atoms with van der Waals surface area (Å²) >= 11 is 0. The molecule has 4 nitrogen and oxygen atoms in total. The molecule has 3 rings (SSSR count). The average Bonchev–Trinajstić information content (AvgIpc) is 2.64. The normalized spacial score (nSPS) is 16.5. The molecule has 1 fully saturated rings. The standard InChI is InChI=1S/C20H24N2O2/c1-16(18-5-3-2-4-6-18)21-20(23)19-9-7-17(8-10-19)15-22-11-13-24-14-12-22/h2-10,16H,11-15H2,1H3,(H,21,23)/t16-/m1/s1. The van der Waals surface area contributed by atoms with E-state index in [-0.39, 0.29) is 11.9 Å². The molecule has 1 atom stereocenters. The number of rotatable bonds is 5. The summed E-state index contributed by atoms with van der Waals surface area (Å²) in [4.78, 5) is 14.8. The van der Waals surface area contributed by atoms with Crippen molar-refractivity contribution in [1.82, 2.24) is 10.2 Å². The van der Waals surface area contributed by atoms with Gasteiger partial charge in [0.2, 0.25) is 0 Å². The second-order valence-corrected chi connectivity index (χ2v) is 6.19. The minimum atomic E-state index is -0.0377. The van der Waals surface area contributed by atoms with Crippen LogP contribution in [0.3, 0.4) is 0 Å². The first-order valence-corrected chi connectivity index (χ1v) is 8.47. The highest BCUT2D eigenvalue weighted by molar-refractivity contribution is 5.94. The Kier molecular flexibility index (Phi) is 5.62. The Hall–Kier alpha value is -2.17. The molecule has 0 radical (unpaired) electrons. The molecule has 0 bridgehead atoms. The van der Waals surface area contributed by atoms with E-state index in [2.05, 4.69) is 10.2 Å². The molecule has 0 spiro atoms. The van der Waals surface area contributed by atoms with Gasteiger partial charge in [0.25, 0.3) is 5.91 Å². The summed E-state index contributed by atoms with van der Waals surface area (Å²) in [5.41, 5.74) is 3.03. The van der Waals surface area contributed by atoms with Crippen LogP contribution >= 0.6 is 0 Å². The maximum absolute atomic E-state index is 12.4. The van der Waals surface area contributed by atoms with Crippen LogP contribution in [0.1, 0.15) is 34.5 Å². The van der Waals surface area contributed by atoms with Gasteiger partial charge in [-0.25, -0.2) is 0 Å². The molecule has 1 aliphatic rings. The third kappa shape index (κ3) is 4.43. The quantitative estimate of drug-likeness (QED) is 0.919. The highest BCUT2D eigenvalue weighted by atomic mass is 16.5. The SMILES string of the molecule is C[C@@H](NC(=O)c1ccc(CN2CCOCC2)cc1)c1ccccc1. The number of nitrogens with zero attached hydrogens (tertiary/aromatic N) is 1. The zero-order valence-corrected chi connectivity index (χ0v) is 14.1. The van der Waals surface area contributed by atoms with Crippen LogP contribution in [-0.4, -0.2) is 37.1 Å². The Morgan fingerprint density at radius 3 is 2.42 bits per heavy atom. The van der Waals surface area contributed by atoms with E-state index in [1.54, 1.807) is 0 Å². The Morgan fingerprint density at radius 2 is 1.75 bits per heavy atom. The van der Waals surface area contributed by atoms with Gasteiger partial charge < -0.3 is 10.1 Å². The van der Waals surface area contributed by atoms with Crippen LogP contribution in [0.2, 0.25) is 0 Å². The summed E-state index contributed by atoms with van der Waals surface area (Å²) in [6.45, 7) is 6.45. The number of ether oxygens (including phenoxy) is 1. The van der Waals surface area contributed by atoms with Crippen molar-refractivity contribution in [2.24, 2.45) is 0 Å². The highest BCUT2D eigenvalue weighted by Gasteiger charge is 2.13. The van der Waals surface area contributed by atoms with Crippen LogP contribution in [0.25, 0.3) is 0 Å². The third-order valence-corrected chi connectivity index (χ3v) is 4.37. The Balaban J connectivity index is 1.57. The first-order valence-electron chi connectivity index (χ1n) is 8.47. The first kappa shape index (κ1) is 16.7. The molecule has 2 aromatic rings. The molecule has 1 amide bonds. The fraction of sp³-hybridized carbons (Fsp3) is 0.350. The lowest BCUT2D eigenvalue weighted by atomic mass is 10.1. The van der Waals surface area contributed by atoms with Crippen LogP contribution in [0.5, 0.6) is 0 Å². The molecule has 2 aromatic carbocycles. The molecule has 0 saturated carbocycles. The fourth-order valence-corrected chi connectivity index (χ4v) is 2.88. The summed E-state index contributed by atoms with van der Waals surface area (Å²) in [5, 5.41) is 3.05. The lowest BCUT2D eigenvalue weighted by Crippen LogP contribution is -2.35. The summed E-state index contributed by atoms with van der Waals surface area (Å²) in [5.74, 6) is -0.0377. The number of hydrogen-bond acceptors (Lipinski definition) is 3. The minimum absolute atomic E-state index is 0.00766. The second-order valence-electron chi connectivity index (χ2n) is 6.19. The second kappa shape index (κ2) is 8.08. The molecule has 0 unspecified atom stereocenters. The number of carbonyl (C=O) groups excluding carboxylic acids is 1. The largest absolute Gasteiger partial charge is 0.379 e. The lowest BCUT2D eigenvalue weighted by Gasteiger charge is -2.26. The van der Waals surface area contributed by atoms with Crippen LogP contribution in [0, 0.1) is 0 Å². The molecule has 1 aliphatic heterocycles. The molecule has 0 aliphatic carbocycles. The smallest absolute Gasteiger partial charge is 0.251 e. The zero-order chi connectivity index (χ0) is 16.8. The van der Waals surface area contributed by atoms with Crippen LogP contribution in [0.15, 0.2) is 54.6 Å². The third-order valence-electron chi connectivity index (χ3n) is 4.37. The van der Waals surface area contributed by atoms with E-state index < -0.39 is 0 Å². The van der Waals surface area contributed by atoms with Gasteiger partial charge >= 0.3 is 0 Å². The number of benzene rings is 2. The average molecular weight is 324 g/mol. The van der Waals surface area contributed by atoms with Crippen molar-refractivity contribution in [3.63, 3.8) is 0 Å². The van der Waals surface area contributed by atoms with Crippen molar-refractivity contribution in [3.8, 4) is 0 Å². The van der Waals surface area contributed by atoms with Gasteiger partial charge in [0.1, 0.15) is 0 Å². The van der Waals surface area contributed by atoms with Crippen LogP contribution in [0.4, 0.5) is 0 Å². The Bertz CT molecular complexity index is 649. The van der Waals surface area contributed by atoms with E-state index in [9.17, 15) is 4.79 Å². The van der Waals surface area contributed by atoms with Gasteiger partial charge in [0.15, 0.2) is 0 Å². The van der Waals surface area contributed by atoms with Gasteiger partial charge in [0.05, 0.1) is 19.3 Å². The lowest BCUT2D eigenvalue weighted by molar-refractivity contribution is 0.0342. The molecule has 1 saturated heterocycles. The molecule has 1 N–H and O–H groups in total. The monoisotopic (exact) mass is 324 g/mol. The van der Waals surface area contributed by atoms with Gasteiger partial charge in [0, 0.05) is 25.2 Å². The molecule has 126 valence electrons. The van der Waals surface area contributed by atoms with E-state index in [0.29, 0.717) is 5.56 Å². The van der Waals surface area contributed by atoms with Gasteiger partial charge in [-0.05, 0) is 30.2 Å². The molecule has 4 heteroatoms. The Morgan fingerprint density at radius 1 is 1.08 bits per heavy atom. The van der Waals surface area contributed by atoms with Crippen molar-refractivity contribution >= 4 is 5.91 Å². The van der Waals surface area contributed by atoms with Gasteiger partial charge in [-0.1, -0.05) is 42.5 Å². The predicted octanol–water partition coefficient (Wildman–Crippen LogP) is 3.01. The maximum Gasteiger partial charge on any atom is 0.251 e. The minimum Gasteiger partial charge on any atom is -0.379 e. The number of morpholine rings is 1. The van der Waals surface area contributed by atoms with Crippen LogP contribution < -0.4 is 5.32 Å². The summed E-state index contributed by atoms with van der Waals surface area (Å²) < 4.78 is 5.37. The number of carbonyl (C=O) groups is 1. The van der Waals surface area contributed by atoms with Crippen molar-refractivity contribution in [2.45, 2.75) is 19.5 Å². The molecular weight excluding hydrogens is 300 g/mol. The number of amides is 1. The van der Waals surface area contributed by atoms with Gasteiger partial charge in [-0.2, -0.15) is 0 Å². The summed E-state index contributed by atoms with van der Waals surface area (Å²) in [6, 6.07) is 17.9. The zero-order valence-electron chi connectivity index (χ0n) is 14.1. The first-order chi connectivity index (χ1) is 11.7. The van der Waals surface area contributed by atoms with Crippen molar-refractivity contribution in [3.05, 3.63) is 71.3 Å². The van der Waals surface area contributed by atoms with E-state index >= 15 is 0 Å².